The normalized spacial score (nSPS) is 13.9. The maximum absolute atomic E-state index is 12.4. The Bertz CT molecular complexity index is 728. The van der Waals surface area contributed by atoms with E-state index in [9.17, 15) is 9.59 Å². The topological polar surface area (TPSA) is 68.3 Å². The van der Waals surface area contributed by atoms with Gasteiger partial charge in [0.2, 0.25) is 0 Å². The Kier molecular flexibility index (Phi) is 4.29. The first-order valence-corrected chi connectivity index (χ1v) is 8.06. The van der Waals surface area contributed by atoms with E-state index < -0.39 is 0 Å². The quantitative estimate of drug-likeness (QED) is 0.677. The van der Waals surface area contributed by atoms with Gasteiger partial charge < -0.3 is 10.1 Å². The second-order valence-electron chi connectivity index (χ2n) is 5.14. The number of nitrogens with one attached hydrogen (secondary N) is 1. The fourth-order valence-corrected chi connectivity index (χ4v) is 2.84. The van der Waals surface area contributed by atoms with E-state index in [1.54, 1.807) is 6.07 Å². The Balaban J connectivity index is 1.92. The average Bonchev–Trinajstić information content (AvgIpc) is 3.35. The number of fused-ring (bicyclic) bond motifs is 1. The summed E-state index contributed by atoms with van der Waals surface area (Å²) in [6.07, 6.45) is 2.08. The summed E-state index contributed by atoms with van der Waals surface area (Å²) in [4.78, 5) is 28.2. The second-order valence-corrected chi connectivity index (χ2v) is 6.13. The highest BCUT2D eigenvalue weighted by Gasteiger charge is 2.25. The minimum atomic E-state index is -0.316. The molecular formula is C16H16N2O3S. The highest BCUT2D eigenvalue weighted by atomic mass is 32.2. The number of amides is 1. The molecule has 1 aliphatic rings. The minimum Gasteiger partial charge on any atom is -0.468 e. The molecule has 2 aromatic rings. The van der Waals surface area contributed by atoms with Crippen LogP contribution in [0.4, 0.5) is 0 Å². The van der Waals surface area contributed by atoms with E-state index in [1.165, 1.54) is 18.9 Å². The van der Waals surface area contributed by atoms with Gasteiger partial charge in [-0.15, -0.1) is 0 Å². The Morgan fingerprint density at radius 3 is 2.86 bits per heavy atom. The van der Waals surface area contributed by atoms with Crippen LogP contribution in [0.5, 0.6) is 0 Å². The van der Waals surface area contributed by atoms with Crippen LogP contribution >= 0.6 is 11.8 Å². The smallest absolute Gasteiger partial charge is 0.316 e. The van der Waals surface area contributed by atoms with E-state index in [-0.39, 0.29) is 17.6 Å². The molecule has 0 atom stereocenters. The number of para-hydroxylation sites is 1. The van der Waals surface area contributed by atoms with Gasteiger partial charge in [0.25, 0.3) is 5.91 Å². The third-order valence-electron chi connectivity index (χ3n) is 3.42. The molecule has 1 fully saturated rings. The van der Waals surface area contributed by atoms with Gasteiger partial charge >= 0.3 is 5.97 Å². The Morgan fingerprint density at radius 1 is 1.36 bits per heavy atom. The van der Waals surface area contributed by atoms with Crippen LogP contribution < -0.4 is 5.32 Å². The number of thioether (sulfide) groups is 1. The molecule has 1 aromatic carbocycles. The first-order chi connectivity index (χ1) is 10.7. The third-order valence-corrected chi connectivity index (χ3v) is 4.30. The summed E-state index contributed by atoms with van der Waals surface area (Å²) >= 11 is 1.27. The molecule has 3 rings (SSSR count). The first-order valence-electron chi connectivity index (χ1n) is 7.07. The van der Waals surface area contributed by atoms with Crippen LogP contribution in [0.2, 0.25) is 0 Å². The molecule has 0 aliphatic heterocycles. The van der Waals surface area contributed by atoms with Crippen LogP contribution in [0.15, 0.2) is 35.4 Å². The van der Waals surface area contributed by atoms with Crippen molar-refractivity contribution in [3.8, 4) is 0 Å². The second kappa shape index (κ2) is 6.36. The highest BCUT2D eigenvalue weighted by Crippen LogP contribution is 2.26. The fraction of sp³-hybridized carbons (Fsp3) is 0.312. The minimum absolute atomic E-state index is 0.0824. The van der Waals surface area contributed by atoms with Crippen molar-refractivity contribution in [1.82, 2.24) is 10.3 Å². The zero-order valence-corrected chi connectivity index (χ0v) is 13.0. The van der Waals surface area contributed by atoms with Gasteiger partial charge in [0.1, 0.15) is 0 Å². The molecule has 1 aliphatic carbocycles. The molecule has 1 heterocycles. The van der Waals surface area contributed by atoms with Crippen molar-refractivity contribution < 1.29 is 14.3 Å². The molecule has 114 valence electrons. The molecule has 1 saturated carbocycles. The van der Waals surface area contributed by atoms with Gasteiger partial charge in [0.15, 0.2) is 0 Å². The van der Waals surface area contributed by atoms with Crippen LogP contribution in [0, 0.1) is 0 Å². The molecule has 22 heavy (non-hydrogen) atoms. The molecule has 0 bridgehead atoms. The monoisotopic (exact) mass is 316 g/mol. The number of nitrogens with zero attached hydrogens (tertiary/aromatic N) is 1. The number of hydrogen-bond donors (Lipinski definition) is 1. The highest BCUT2D eigenvalue weighted by molar-refractivity contribution is 7.99. The molecule has 0 saturated heterocycles. The van der Waals surface area contributed by atoms with Crippen LogP contribution in [0.3, 0.4) is 0 Å². The van der Waals surface area contributed by atoms with E-state index in [0.29, 0.717) is 16.6 Å². The Morgan fingerprint density at radius 2 is 2.14 bits per heavy atom. The molecule has 0 radical (unpaired) electrons. The number of hydrogen-bond acceptors (Lipinski definition) is 5. The lowest BCUT2D eigenvalue weighted by Crippen LogP contribution is -2.25. The zero-order chi connectivity index (χ0) is 15.5. The molecular weight excluding hydrogens is 300 g/mol. The molecule has 0 spiro atoms. The lowest BCUT2D eigenvalue weighted by atomic mass is 10.1. The number of ether oxygens (including phenoxy) is 1. The Labute approximate surface area is 132 Å². The van der Waals surface area contributed by atoms with Gasteiger partial charge in [0.05, 0.1) is 29.0 Å². The summed E-state index contributed by atoms with van der Waals surface area (Å²) in [6, 6.07) is 9.56. The SMILES string of the molecule is COC(=O)CSc1cc(C(=O)NC2CC2)c2ccccc2n1. The predicted molar refractivity (Wildman–Crippen MR) is 85.0 cm³/mol. The fourth-order valence-electron chi connectivity index (χ4n) is 2.10. The number of carbonyl (C=O) groups excluding carboxylic acids is 2. The standard InChI is InChI=1S/C16H16N2O3S/c1-21-15(19)9-22-14-8-12(16(20)17-10-6-7-10)11-4-2-3-5-13(11)18-14/h2-5,8,10H,6-7,9H2,1H3,(H,17,20). The summed E-state index contributed by atoms with van der Waals surface area (Å²) in [6.45, 7) is 0. The van der Waals surface area contributed by atoms with Crippen molar-refractivity contribution in [2.24, 2.45) is 0 Å². The van der Waals surface area contributed by atoms with Crippen LogP contribution in [-0.2, 0) is 9.53 Å². The van der Waals surface area contributed by atoms with E-state index in [1.807, 2.05) is 24.3 Å². The van der Waals surface area contributed by atoms with Crippen LogP contribution in [0.25, 0.3) is 10.9 Å². The third kappa shape index (κ3) is 3.39. The van der Waals surface area contributed by atoms with E-state index >= 15 is 0 Å². The summed E-state index contributed by atoms with van der Waals surface area (Å²) in [5.74, 6) is -0.226. The van der Waals surface area contributed by atoms with Crippen molar-refractivity contribution >= 4 is 34.5 Å². The van der Waals surface area contributed by atoms with E-state index in [4.69, 9.17) is 0 Å². The number of methoxy groups -OCH3 is 1. The number of benzene rings is 1. The van der Waals surface area contributed by atoms with Gasteiger partial charge in [-0.2, -0.15) is 0 Å². The number of pyridine rings is 1. The van der Waals surface area contributed by atoms with Crippen molar-refractivity contribution in [3.63, 3.8) is 0 Å². The van der Waals surface area contributed by atoms with E-state index in [2.05, 4.69) is 15.0 Å². The number of rotatable bonds is 5. The number of carbonyl (C=O) groups is 2. The van der Waals surface area contributed by atoms with Crippen molar-refractivity contribution in [1.29, 1.82) is 0 Å². The summed E-state index contributed by atoms with van der Waals surface area (Å²) in [5.41, 5.74) is 1.35. The number of esters is 1. The van der Waals surface area contributed by atoms with Crippen molar-refractivity contribution in [2.75, 3.05) is 12.9 Å². The van der Waals surface area contributed by atoms with E-state index in [0.717, 1.165) is 23.7 Å². The number of aromatic nitrogens is 1. The molecule has 0 unspecified atom stereocenters. The largest absolute Gasteiger partial charge is 0.468 e. The lowest BCUT2D eigenvalue weighted by molar-refractivity contribution is -0.137. The summed E-state index contributed by atoms with van der Waals surface area (Å²) < 4.78 is 4.63. The van der Waals surface area contributed by atoms with Gasteiger partial charge in [0, 0.05) is 11.4 Å². The zero-order valence-electron chi connectivity index (χ0n) is 12.2. The van der Waals surface area contributed by atoms with Crippen molar-refractivity contribution in [2.45, 2.75) is 23.9 Å². The summed E-state index contributed by atoms with van der Waals surface area (Å²) in [5, 5.41) is 4.46. The molecule has 6 heteroatoms. The maximum Gasteiger partial charge on any atom is 0.316 e. The molecule has 1 N–H and O–H groups in total. The Hall–Kier alpha value is -2.08. The molecule has 1 aromatic heterocycles. The van der Waals surface area contributed by atoms with Gasteiger partial charge in [-0.1, -0.05) is 30.0 Å². The van der Waals surface area contributed by atoms with Gasteiger partial charge in [-0.05, 0) is 25.0 Å². The average molecular weight is 316 g/mol. The van der Waals surface area contributed by atoms with Gasteiger partial charge in [-0.3, -0.25) is 9.59 Å². The van der Waals surface area contributed by atoms with Gasteiger partial charge in [-0.25, -0.2) is 4.98 Å². The first kappa shape index (κ1) is 14.8. The van der Waals surface area contributed by atoms with Crippen LogP contribution in [0.1, 0.15) is 23.2 Å². The lowest BCUT2D eigenvalue weighted by Gasteiger charge is -2.09. The summed E-state index contributed by atoms with van der Waals surface area (Å²) in [7, 11) is 1.35. The predicted octanol–water partition coefficient (Wildman–Crippen LogP) is 2.39. The maximum atomic E-state index is 12.4. The molecule has 5 nitrogen and oxygen atoms in total. The van der Waals surface area contributed by atoms with Crippen LogP contribution in [-0.4, -0.2) is 35.8 Å². The molecule has 1 amide bonds. The van der Waals surface area contributed by atoms with Crippen molar-refractivity contribution in [3.05, 3.63) is 35.9 Å².